The van der Waals surface area contributed by atoms with Gasteiger partial charge in [0.2, 0.25) is 0 Å². The summed E-state index contributed by atoms with van der Waals surface area (Å²) in [6.45, 7) is 0. The van der Waals surface area contributed by atoms with E-state index in [9.17, 15) is 0 Å². The first-order chi connectivity index (χ1) is 30.2. The lowest BCUT2D eigenvalue weighted by atomic mass is 9.89. The van der Waals surface area contributed by atoms with Gasteiger partial charge in [-0.05, 0) is 90.0 Å². The first-order valence-electron chi connectivity index (χ1n) is 20.7. The van der Waals surface area contributed by atoms with Crippen molar-refractivity contribution >= 4 is 63.8 Å². The lowest BCUT2D eigenvalue weighted by Gasteiger charge is -2.15. The second-order valence-corrected chi connectivity index (χ2v) is 16.8. The molecule has 0 aliphatic carbocycles. The highest BCUT2D eigenvalue weighted by Crippen LogP contribution is 2.42. The predicted octanol–water partition coefficient (Wildman–Crippen LogP) is 16.3. The largest absolute Gasteiger partial charge is 0.228 e. The van der Waals surface area contributed by atoms with E-state index in [-0.39, 0.29) is 0 Å². The first kappa shape index (κ1) is 35.2. The van der Waals surface area contributed by atoms with Crippen LogP contribution in [0.1, 0.15) is 0 Å². The van der Waals surface area contributed by atoms with Crippen molar-refractivity contribution in [3.8, 4) is 67.3 Å². The Morgan fingerprint density at radius 1 is 0.295 bits per heavy atom. The van der Waals surface area contributed by atoms with Crippen LogP contribution in [0, 0.1) is 0 Å². The molecule has 3 heteroatoms. The Morgan fingerprint density at radius 2 is 0.902 bits per heavy atom. The van der Waals surface area contributed by atoms with Crippen LogP contribution in [-0.2, 0) is 0 Å². The quantitative estimate of drug-likeness (QED) is 0.124. The van der Waals surface area contributed by atoms with Gasteiger partial charge in [-0.2, -0.15) is 0 Å². The molecule has 2 nitrogen and oxygen atoms in total. The van der Waals surface area contributed by atoms with Gasteiger partial charge in [-0.1, -0.05) is 194 Å². The zero-order valence-corrected chi connectivity index (χ0v) is 33.9. The van der Waals surface area contributed by atoms with Gasteiger partial charge in [-0.15, -0.1) is 11.3 Å². The molecule has 10 aromatic carbocycles. The number of aromatic nitrogens is 2. The Labute approximate surface area is 357 Å². The molecule has 2 heterocycles. The van der Waals surface area contributed by atoms with Crippen molar-refractivity contribution < 1.29 is 0 Å². The minimum Gasteiger partial charge on any atom is -0.228 e. The van der Waals surface area contributed by atoms with Gasteiger partial charge in [0, 0.05) is 36.9 Å². The summed E-state index contributed by atoms with van der Waals surface area (Å²) in [5.74, 6) is 0.692. The molecule has 0 aliphatic rings. The maximum Gasteiger partial charge on any atom is 0.160 e. The molecule has 0 aliphatic heterocycles. The van der Waals surface area contributed by atoms with E-state index in [1.807, 2.05) is 11.3 Å². The summed E-state index contributed by atoms with van der Waals surface area (Å²) in [6.07, 6.45) is 0. The van der Waals surface area contributed by atoms with Gasteiger partial charge in [0.15, 0.2) is 5.82 Å². The lowest BCUT2D eigenvalue weighted by Crippen LogP contribution is -1.96. The molecule has 0 fully saturated rings. The van der Waals surface area contributed by atoms with Gasteiger partial charge >= 0.3 is 0 Å². The molecule has 0 spiro atoms. The predicted molar refractivity (Wildman–Crippen MR) is 260 cm³/mol. The molecule has 0 N–H and O–H groups in total. The Kier molecular flexibility index (Phi) is 8.39. The van der Waals surface area contributed by atoms with Crippen LogP contribution >= 0.6 is 11.3 Å². The third-order valence-corrected chi connectivity index (χ3v) is 13.3. The minimum atomic E-state index is 0.692. The fourth-order valence-corrected chi connectivity index (χ4v) is 10.3. The van der Waals surface area contributed by atoms with Gasteiger partial charge < -0.3 is 0 Å². The number of rotatable bonds is 6. The summed E-state index contributed by atoms with van der Waals surface area (Å²) in [4.78, 5) is 10.6. The van der Waals surface area contributed by atoms with Crippen molar-refractivity contribution in [1.82, 2.24) is 9.97 Å². The highest BCUT2D eigenvalue weighted by atomic mass is 32.1. The van der Waals surface area contributed by atoms with E-state index >= 15 is 0 Å². The molecule has 0 bridgehead atoms. The molecule has 0 saturated heterocycles. The van der Waals surface area contributed by atoms with Crippen LogP contribution in [0.3, 0.4) is 0 Å². The van der Waals surface area contributed by atoms with Gasteiger partial charge in [0.05, 0.1) is 11.4 Å². The van der Waals surface area contributed by atoms with Crippen LogP contribution in [0.4, 0.5) is 0 Å². The molecular weight excluding hydrogens is 757 g/mol. The Bertz CT molecular complexity index is 3620. The van der Waals surface area contributed by atoms with E-state index in [1.165, 1.54) is 74.7 Å². The summed E-state index contributed by atoms with van der Waals surface area (Å²) in [5, 5.41) is 10.1. The van der Waals surface area contributed by atoms with Gasteiger partial charge in [0.1, 0.15) is 0 Å². The zero-order valence-electron chi connectivity index (χ0n) is 33.1. The number of hydrogen-bond acceptors (Lipinski definition) is 3. The SMILES string of the molecule is c1ccc(-c2cccc(-c3cc(-c4ccc(-c5cccc6c5sc5ccccc56)cc4)nc(-c4ccc(-c5c6ccccc6cc6c5ccc5ccccc56)cc4)n3)c2)cc1. The standard InChI is InChI=1S/C58H36N2S/c1-2-12-37(13-3-1)43-16-10-17-45(34-43)54-36-53(40-26-24-39(25-27-40)48-21-11-22-51-49-20-8-9-23-55(49)61-57(48)51)59-58(60-54)42-30-28-41(29-31-42)56-47-19-7-5-15-44(47)35-52-46-18-6-4-14-38(46)32-33-50(52)56/h1-36H. The minimum absolute atomic E-state index is 0.692. The van der Waals surface area contributed by atoms with Crippen molar-refractivity contribution in [2.24, 2.45) is 0 Å². The monoisotopic (exact) mass is 792 g/mol. The molecule has 0 unspecified atom stereocenters. The number of nitrogens with zero attached hydrogens (tertiary/aromatic N) is 2. The van der Waals surface area contributed by atoms with E-state index in [0.29, 0.717) is 5.82 Å². The fourth-order valence-electron chi connectivity index (χ4n) is 9.07. The van der Waals surface area contributed by atoms with Crippen LogP contribution in [0.2, 0.25) is 0 Å². The van der Waals surface area contributed by atoms with E-state index in [1.54, 1.807) is 0 Å². The molecule has 61 heavy (non-hydrogen) atoms. The molecule has 0 radical (unpaired) electrons. The molecule has 0 atom stereocenters. The molecule has 12 rings (SSSR count). The van der Waals surface area contributed by atoms with Crippen molar-refractivity contribution in [3.63, 3.8) is 0 Å². The van der Waals surface area contributed by atoms with Gasteiger partial charge in [0.25, 0.3) is 0 Å². The number of fused-ring (bicyclic) bond motifs is 7. The maximum absolute atomic E-state index is 5.29. The van der Waals surface area contributed by atoms with Crippen LogP contribution in [0.5, 0.6) is 0 Å². The average molecular weight is 793 g/mol. The third kappa shape index (κ3) is 6.18. The van der Waals surface area contributed by atoms with E-state index in [4.69, 9.17) is 9.97 Å². The molecule has 0 saturated carbocycles. The first-order valence-corrected chi connectivity index (χ1v) is 21.5. The fraction of sp³-hybridized carbons (Fsp3) is 0. The Balaban J connectivity index is 0.981. The van der Waals surface area contributed by atoms with Crippen molar-refractivity contribution in [1.29, 1.82) is 0 Å². The van der Waals surface area contributed by atoms with Crippen LogP contribution in [0.15, 0.2) is 218 Å². The van der Waals surface area contributed by atoms with E-state index in [2.05, 4.69) is 218 Å². The zero-order chi connectivity index (χ0) is 40.3. The molecule has 0 amide bonds. The number of hydrogen-bond donors (Lipinski definition) is 0. The number of benzene rings is 10. The van der Waals surface area contributed by atoms with Gasteiger partial charge in [-0.3, -0.25) is 0 Å². The molecular formula is C58H36N2S. The lowest BCUT2D eigenvalue weighted by molar-refractivity contribution is 1.18. The summed E-state index contributed by atoms with van der Waals surface area (Å²) < 4.78 is 2.63. The van der Waals surface area contributed by atoms with Crippen molar-refractivity contribution in [2.45, 2.75) is 0 Å². The topological polar surface area (TPSA) is 25.8 Å². The summed E-state index contributed by atoms with van der Waals surface area (Å²) in [6, 6.07) is 78.6. The highest BCUT2D eigenvalue weighted by molar-refractivity contribution is 7.26. The Morgan fingerprint density at radius 3 is 1.74 bits per heavy atom. The Hall–Kier alpha value is -7.72. The normalized spacial score (nSPS) is 11.6. The van der Waals surface area contributed by atoms with Crippen LogP contribution in [-0.4, -0.2) is 9.97 Å². The van der Waals surface area contributed by atoms with Crippen LogP contribution < -0.4 is 0 Å². The number of thiophene rings is 1. The summed E-state index contributed by atoms with van der Waals surface area (Å²) in [7, 11) is 0. The van der Waals surface area contributed by atoms with Crippen molar-refractivity contribution in [3.05, 3.63) is 218 Å². The second kappa shape index (κ2) is 14.5. The maximum atomic E-state index is 5.29. The third-order valence-electron chi connectivity index (χ3n) is 12.1. The summed E-state index contributed by atoms with van der Waals surface area (Å²) >= 11 is 1.86. The second-order valence-electron chi connectivity index (χ2n) is 15.7. The smallest absolute Gasteiger partial charge is 0.160 e. The van der Waals surface area contributed by atoms with E-state index < -0.39 is 0 Å². The molecule has 12 aromatic rings. The molecule has 2 aromatic heterocycles. The van der Waals surface area contributed by atoms with Gasteiger partial charge in [-0.25, -0.2) is 9.97 Å². The van der Waals surface area contributed by atoms with Crippen molar-refractivity contribution in [2.75, 3.05) is 0 Å². The van der Waals surface area contributed by atoms with Crippen LogP contribution in [0.25, 0.3) is 120 Å². The summed E-state index contributed by atoms with van der Waals surface area (Å²) in [5.41, 5.74) is 12.0. The highest BCUT2D eigenvalue weighted by Gasteiger charge is 2.16. The van der Waals surface area contributed by atoms with E-state index in [0.717, 1.165) is 39.2 Å². The average Bonchev–Trinajstić information content (AvgIpc) is 3.73. The molecule has 284 valence electrons.